The van der Waals surface area contributed by atoms with Gasteiger partial charge in [0.1, 0.15) is 10.4 Å². The molecule has 0 saturated heterocycles. The average molecular weight is 283 g/mol. The van der Waals surface area contributed by atoms with Crippen molar-refractivity contribution in [1.29, 1.82) is 0 Å². The normalized spacial score (nSPS) is 26.1. The predicted octanol–water partition coefficient (Wildman–Crippen LogP) is 4.22. The Hall–Kier alpha value is -0.570. The molecule has 1 fully saturated rings. The summed E-state index contributed by atoms with van der Waals surface area (Å²) < 4.78 is 0.902. The lowest BCUT2D eigenvalue weighted by Crippen LogP contribution is -2.19. The van der Waals surface area contributed by atoms with Gasteiger partial charge in [-0.3, -0.25) is 0 Å². The highest BCUT2D eigenvalue weighted by molar-refractivity contribution is 9.10. The van der Waals surface area contributed by atoms with Crippen LogP contribution in [0.3, 0.4) is 0 Å². The molecule has 1 aromatic rings. The number of halogens is 1. The molecular weight excluding hydrogens is 264 g/mol. The number of anilines is 1. The number of rotatable bonds is 2. The summed E-state index contributed by atoms with van der Waals surface area (Å²) in [7, 11) is 0. The second kappa shape index (κ2) is 5.67. The highest BCUT2D eigenvalue weighted by Gasteiger charge is 2.16. The van der Waals surface area contributed by atoms with Crippen LogP contribution in [0.15, 0.2) is 22.8 Å². The molecule has 0 bridgehead atoms. The molecule has 0 aliphatic heterocycles. The molecule has 1 N–H and O–H groups in total. The van der Waals surface area contributed by atoms with E-state index in [0.717, 1.165) is 16.3 Å². The van der Waals surface area contributed by atoms with Crippen LogP contribution in [0.5, 0.6) is 0 Å². The van der Waals surface area contributed by atoms with Gasteiger partial charge in [0.05, 0.1) is 0 Å². The first-order valence-electron chi connectivity index (χ1n) is 6.13. The molecule has 2 nitrogen and oxygen atoms in total. The second-order valence-corrected chi connectivity index (χ2v) is 5.61. The number of pyridine rings is 1. The zero-order valence-corrected chi connectivity index (χ0v) is 11.3. The molecule has 0 aromatic carbocycles. The van der Waals surface area contributed by atoms with E-state index in [1.807, 2.05) is 18.2 Å². The maximum Gasteiger partial charge on any atom is 0.127 e. The molecule has 1 saturated carbocycles. The van der Waals surface area contributed by atoms with Gasteiger partial charge in [-0.05, 0) is 53.2 Å². The van der Waals surface area contributed by atoms with Crippen molar-refractivity contribution in [2.75, 3.05) is 5.32 Å². The standard InChI is InChI=1S/C13H19BrN2/c1-10-4-2-5-11(9-8-10)15-13-7-3-6-12(14)16-13/h3,6-7,10-11H,2,4-5,8-9H2,1H3,(H,15,16). The van der Waals surface area contributed by atoms with Crippen LogP contribution in [0.4, 0.5) is 5.82 Å². The minimum atomic E-state index is 0.603. The van der Waals surface area contributed by atoms with Crippen molar-refractivity contribution in [3.8, 4) is 0 Å². The Labute approximate surface area is 106 Å². The lowest BCUT2D eigenvalue weighted by atomic mass is 10.0. The van der Waals surface area contributed by atoms with Gasteiger partial charge in [0.15, 0.2) is 0 Å². The van der Waals surface area contributed by atoms with E-state index in [4.69, 9.17) is 0 Å². The van der Waals surface area contributed by atoms with Crippen LogP contribution in [0.25, 0.3) is 0 Å². The molecule has 1 aliphatic rings. The molecule has 88 valence electrons. The van der Waals surface area contributed by atoms with E-state index >= 15 is 0 Å². The third-order valence-corrected chi connectivity index (χ3v) is 3.77. The fourth-order valence-corrected chi connectivity index (χ4v) is 2.67. The van der Waals surface area contributed by atoms with Crippen molar-refractivity contribution >= 4 is 21.7 Å². The van der Waals surface area contributed by atoms with Gasteiger partial charge < -0.3 is 5.32 Å². The molecule has 1 aromatic heterocycles. The van der Waals surface area contributed by atoms with E-state index in [1.54, 1.807) is 0 Å². The van der Waals surface area contributed by atoms with E-state index in [2.05, 4.69) is 33.2 Å². The van der Waals surface area contributed by atoms with Crippen molar-refractivity contribution in [2.24, 2.45) is 5.92 Å². The molecule has 0 amide bonds. The monoisotopic (exact) mass is 282 g/mol. The Kier molecular flexibility index (Phi) is 4.22. The number of aromatic nitrogens is 1. The predicted molar refractivity (Wildman–Crippen MR) is 71.6 cm³/mol. The first-order valence-corrected chi connectivity index (χ1v) is 6.92. The SMILES string of the molecule is CC1CCCC(Nc2cccc(Br)n2)CC1. The molecule has 2 atom stereocenters. The largest absolute Gasteiger partial charge is 0.367 e. The van der Waals surface area contributed by atoms with Crippen LogP contribution in [0.2, 0.25) is 0 Å². The molecule has 3 heteroatoms. The van der Waals surface area contributed by atoms with E-state index in [0.29, 0.717) is 6.04 Å². The molecule has 0 spiro atoms. The van der Waals surface area contributed by atoms with Crippen LogP contribution in [0, 0.1) is 5.92 Å². The first kappa shape index (κ1) is 11.9. The van der Waals surface area contributed by atoms with Crippen molar-refractivity contribution in [2.45, 2.75) is 45.1 Å². The average Bonchev–Trinajstić information content (AvgIpc) is 2.44. The number of nitrogens with zero attached hydrogens (tertiary/aromatic N) is 1. The van der Waals surface area contributed by atoms with Crippen LogP contribution < -0.4 is 5.32 Å². The molecule has 2 unspecified atom stereocenters. The summed E-state index contributed by atoms with van der Waals surface area (Å²) in [5.41, 5.74) is 0. The third-order valence-electron chi connectivity index (χ3n) is 3.32. The third kappa shape index (κ3) is 3.48. The van der Waals surface area contributed by atoms with Gasteiger partial charge in [0, 0.05) is 6.04 Å². The Morgan fingerprint density at radius 2 is 2.12 bits per heavy atom. The minimum absolute atomic E-state index is 0.603. The summed E-state index contributed by atoms with van der Waals surface area (Å²) in [5.74, 6) is 1.89. The second-order valence-electron chi connectivity index (χ2n) is 4.80. The molecular formula is C13H19BrN2. The summed E-state index contributed by atoms with van der Waals surface area (Å²) in [6.07, 6.45) is 6.61. The molecule has 0 radical (unpaired) electrons. The van der Waals surface area contributed by atoms with Gasteiger partial charge >= 0.3 is 0 Å². The van der Waals surface area contributed by atoms with Crippen LogP contribution >= 0.6 is 15.9 Å². The van der Waals surface area contributed by atoms with Gasteiger partial charge in [-0.25, -0.2) is 4.98 Å². The minimum Gasteiger partial charge on any atom is -0.367 e. The molecule has 1 heterocycles. The van der Waals surface area contributed by atoms with Crippen molar-refractivity contribution in [3.63, 3.8) is 0 Å². The summed E-state index contributed by atoms with van der Waals surface area (Å²) in [4.78, 5) is 4.42. The maximum absolute atomic E-state index is 4.42. The van der Waals surface area contributed by atoms with Crippen molar-refractivity contribution in [3.05, 3.63) is 22.8 Å². The summed E-state index contributed by atoms with van der Waals surface area (Å²) >= 11 is 3.40. The van der Waals surface area contributed by atoms with E-state index in [-0.39, 0.29) is 0 Å². The van der Waals surface area contributed by atoms with E-state index in [1.165, 1.54) is 32.1 Å². The molecule has 2 rings (SSSR count). The highest BCUT2D eigenvalue weighted by atomic mass is 79.9. The van der Waals surface area contributed by atoms with Gasteiger partial charge in [0.2, 0.25) is 0 Å². The lowest BCUT2D eigenvalue weighted by molar-refractivity contribution is 0.502. The maximum atomic E-state index is 4.42. The zero-order chi connectivity index (χ0) is 11.4. The van der Waals surface area contributed by atoms with Crippen LogP contribution in [-0.4, -0.2) is 11.0 Å². The number of hydrogen-bond donors (Lipinski definition) is 1. The van der Waals surface area contributed by atoms with E-state index in [9.17, 15) is 0 Å². The number of nitrogens with one attached hydrogen (secondary N) is 1. The topological polar surface area (TPSA) is 24.9 Å². The summed E-state index contributed by atoms with van der Waals surface area (Å²) in [6, 6.07) is 6.63. The van der Waals surface area contributed by atoms with Crippen LogP contribution in [-0.2, 0) is 0 Å². The highest BCUT2D eigenvalue weighted by Crippen LogP contribution is 2.24. The summed E-state index contributed by atoms with van der Waals surface area (Å²) in [5, 5.41) is 3.54. The van der Waals surface area contributed by atoms with Crippen LogP contribution in [0.1, 0.15) is 39.0 Å². The van der Waals surface area contributed by atoms with E-state index < -0.39 is 0 Å². The zero-order valence-electron chi connectivity index (χ0n) is 9.75. The van der Waals surface area contributed by atoms with Crippen molar-refractivity contribution < 1.29 is 0 Å². The molecule has 1 aliphatic carbocycles. The lowest BCUT2D eigenvalue weighted by Gasteiger charge is -2.17. The Morgan fingerprint density at radius 3 is 2.94 bits per heavy atom. The Balaban J connectivity index is 1.93. The first-order chi connectivity index (χ1) is 7.74. The fraction of sp³-hybridized carbons (Fsp3) is 0.615. The smallest absolute Gasteiger partial charge is 0.127 e. The van der Waals surface area contributed by atoms with Crippen molar-refractivity contribution in [1.82, 2.24) is 4.98 Å². The Morgan fingerprint density at radius 1 is 1.25 bits per heavy atom. The fourth-order valence-electron chi connectivity index (χ4n) is 2.33. The van der Waals surface area contributed by atoms with Gasteiger partial charge in [0.25, 0.3) is 0 Å². The Bertz CT molecular complexity index is 340. The van der Waals surface area contributed by atoms with Gasteiger partial charge in [-0.15, -0.1) is 0 Å². The number of hydrogen-bond acceptors (Lipinski definition) is 2. The van der Waals surface area contributed by atoms with Gasteiger partial charge in [-0.2, -0.15) is 0 Å². The molecule has 16 heavy (non-hydrogen) atoms. The quantitative estimate of drug-likeness (QED) is 0.649. The summed E-state index contributed by atoms with van der Waals surface area (Å²) in [6.45, 7) is 2.36. The van der Waals surface area contributed by atoms with Gasteiger partial charge in [-0.1, -0.05) is 25.8 Å².